The van der Waals surface area contributed by atoms with E-state index in [1.807, 2.05) is 38.1 Å². The molecule has 4 heteroatoms. The van der Waals surface area contributed by atoms with Crippen LogP contribution in [0.2, 0.25) is 0 Å². The van der Waals surface area contributed by atoms with Crippen molar-refractivity contribution in [1.29, 1.82) is 0 Å². The van der Waals surface area contributed by atoms with Gasteiger partial charge >= 0.3 is 5.97 Å². The Kier molecular flexibility index (Phi) is 4.97. The van der Waals surface area contributed by atoms with Gasteiger partial charge in [0.05, 0.1) is 7.11 Å². The molecule has 0 aliphatic rings. The summed E-state index contributed by atoms with van der Waals surface area (Å²) in [4.78, 5) is 10.9. The van der Waals surface area contributed by atoms with Gasteiger partial charge in [-0.2, -0.15) is 0 Å². The Morgan fingerprint density at radius 2 is 2.24 bits per heavy atom. The minimum Gasteiger partial charge on any atom is -0.497 e. The van der Waals surface area contributed by atoms with E-state index in [0.717, 1.165) is 11.3 Å². The van der Waals surface area contributed by atoms with Gasteiger partial charge in [-0.3, -0.25) is 10.1 Å². The van der Waals surface area contributed by atoms with E-state index in [0.29, 0.717) is 6.42 Å². The normalized spacial score (nSPS) is 14.1. The fourth-order valence-electron chi connectivity index (χ4n) is 1.67. The third-order valence-electron chi connectivity index (χ3n) is 2.75. The van der Waals surface area contributed by atoms with Gasteiger partial charge in [0.1, 0.15) is 11.8 Å². The lowest BCUT2D eigenvalue weighted by molar-refractivity contribution is -0.139. The van der Waals surface area contributed by atoms with Crippen molar-refractivity contribution >= 4 is 5.97 Å². The van der Waals surface area contributed by atoms with Crippen molar-refractivity contribution in [1.82, 2.24) is 5.32 Å². The maximum atomic E-state index is 10.9. The van der Waals surface area contributed by atoms with Gasteiger partial charge in [-0.15, -0.1) is 0 Å². The first kappa shape index (κ1) is 13.5. The SMILES string of the molecule is CCC(N[C@H](C)c1cccc(OC)c1)C(=O)O. The number of nitrogens with one attached hydrogen (secondary N) is 1. The lowest BCUT2D eigenvalue weighted by Crippen LogP contribution is -2.37. The maximum absolute atomic E-state index is 10.9. The fraction of sp³-hybridized carbons (Fsp3) is 0.462. The first-order valence-electron chi connectivity index (χ1n) is 5.71. The standard InChI is InChI=1S/C13H19NO3/c1-4-12(13(15)16)14-9(2)10-6-5-7-11(8-10)17-3/h5-9,12,14H,4H2,1-3H3,(H,15,16)/t9-,12?/m1/s1. The van der Waals surface area contributed by atoms with Gasteiger partial charge < -0.3 is 9.84 Å². The molecule has 4 nitrogen and oxygen atoms in total. The molecule has 1 rings (SSSR count). The molecule has 0 spiro atoms. The Labute approximate surface area is 102 Å². The number of carboxylic acid groups (broad SMARTS) is 1. The van der Waals surface area contributed by atoms with Crippen molar-refractivity contribution in [3.8, 4) is 5.75 Å². The Morgan fingerprint density at radius 1 is 1.53 bits per heavy atom. The van der Waals surface area contributed by atoms with Crippen LogP contribution in [0, 0.1) is 0 Å². The number of ether oxygens (including phenoxy) is 1. The van der Waals surface area contributed by atoms with Gasteiger partial charge in [0.2, 0.25) is 0 Å². The van der Waals surface area contributed by atoms with E-state index in [4.69, 9.17) is 9.84 Å². The van der Waals surface area contributed by atoms with E-state index in [2.05, 4.69) is 5.32 Å². The number of benzene rings is 1. The topological polar surface area (TPSA) is 58.6 Å². The molecule has 0 amide bonds. The predicted molar refractivity (Wildman–Crippen MR) is 66.3 cm³/mol. The number of hydrogen-bond donors (Lipinski definition) is 2. The summed E-state index contributed by atoms with van der Waals surface area (Å²) in [5, 5.41) is 12.1. The monoisotopic (exact) mass is 237 g/mol. The zero-order valence-electron chi connectivity index (χ0n) is 10.4. The second-order valence-corrected chi connectivity index (χ2v) is 3.96. The van der Waals surface area contributed by atoms with Gasteiger partial charge in [0, 0.05) is 6.04 Å². The van der Waals surface area contributed by atoms with Crippen molar-refractivity contribution in [3.05, 3.63) is 29.8 Å². The first-order valence-corrected chi connectivity index (χ1v) is 5.71. The molecule has 1 aromatic carbocycles. The molecule has 17 heavy (non-hydrogen) atoms. The lowest BCUT2D eigenvalue weighted by Gasteiger charge is -2.19. The molecule has 94 valence electrons. The molecule has 0 saturated carbocycles. The van der Waals surface area contributed by atoms with E-state index in [1.165, 1.54) is 0 Å². The van der Waals surface area contributed by atoms with Crippen LogP contribution in [0.1, 0.15) is 31.9 Å². The lowest BCUT2D eigenvalue weighted by atomic mass is 10.1. The number of rotatable bonds is 6. The van der Waals surface area contributed by atoms with Gasteiger partial charge in [0.15, 0.2) is 0 Å². The Morgan fingerprint density at radius 3 is 2.76 bits per heavy atom. The Bertz CT molecular complexity index is 379. The minimum absolute atomic E-state index is 0.0221. The van der Waals surface area contributed by atoms with Gasteiger partial charge in [-0.25, -0.2) is 0 Å². The van der Waals surface area contributed by atoms with Crippen LogP contribution < -0.4 is 10.1 Å². The van der Waals surface area contributed by atoms with Crippen LogP contribution in [0.5, 0.6) is 5.75 Å². The van der Waals surface area contributed by atoms with Crippen LogP contribution in [-0.4, -0.2) is 24.2 Å². The van der Waals surface area contributed by atoms with Crippen LogP contribution >= 0.6 is 0 Å². The minimum atomic E-state index is -0.817. The summed E-state index contributed by atoms with van der Waals surface area (Å²) >= 11 is 0. The first-order chi connectivity index (χ1) is 8.08. The fourth-order valence-corrected chi connectivity index (χ4v) is 1.67. The Hall–Kier alpha value is -1.55. The maximum Gasteiger partial charge on any atom is 0.320 e. The molecule has 2 atom stereocenters. The zero-order valence-corrected chi connectivity index (χ0v) is 10.4. The molecule has 0 saturated heterocycles. The number of hydrogen-bond acceptors (Lipinski definition) is 3. The molecule has 1 aromatic rings. The van der Waals surface area contributed by atoms with E-state index in [-0.39, 0.29) is 6.04 Å². The number of methoxy groups -OCH3 is 1. The highest BCUT2D eigenvalue weighted by Crippen LogP contribution is 2.19. The summed E-state index contributed by atoms with van der Waals surface area (Å²) < 4.78 is 5.14. The van der Waals surface area contributed by atoms with E-state index < -0.39 is 12.0 Å². The molecule has 0 aliphatic carbocycles. The highest BCUT2D eigenvalue weighted by atomic mass is 16.5. The van der Waals surface area contributed by atoms with Crippen molar-refractivity contribution in [3.63, 3.8) is 0 Å². The van der Waals surface area contributed by atoms with Gasteiger partial charge in [-0.05, 0) is 31.0 Å². The highest BCUT2D eigenvalue weighted by Gasteiger charge is 2.18. The van der Waals surface area contributed by atoms with Crippen LogP contribution in [0.25, 0.3) is 0 Å². The quantitative estimate of drug-likeness (QED) is 0.796. The summed E-state index contributed by atoms with van der Waals surface area (Å²) in [6, 6.07) is 7.09. The second-order valence-electron chi connectivity index (χ2n) is 3.96. The van der Waals surface area contributed by atoms with Gasteiger partial charge in [-0.1, -0.05) is 19.1 Å². The molecule has 0 fully saturated rings. The summed E-state index contributed by atoms with van der Waals surface area (Å²) in [6.45, 7) is 3.80. The number of carbonyl (C=O) groups is 1. The smallest absolute Gasteiger partial charge is 0.320 e. The molecule has 2 N–H and O–H groups in total. The molecule has 0 bridgehead atoms. The van der Waals surface area contributed by atoms with E-state index >= 15 is 0 Å². The van der Waals surface area contributed by atoms with E-state index in [1.54, 1.807) is 7.11 Å². The molecular weight excluding hydrogens is 218 g/mol. The van der Waals surface area contributed by atoms with Crippen molar-refractivity contribution in [2.45, 2.75) is 32.4 Å². The van der Waals surface area contributed by atoms with Crippen molar-refractivity contribution in [2.24, 2.45) is 0 Å². The van der Waals surface area contributed by atoms with Crippen molar-refractivity contribution < 1.29 is 14.6 Å². The van der Waals surface area contributed by atoms with E-state index in [9.17, 15) is 4.79 Å². The molecule has 1 unspecified atom stereocenters. The van der Waals surface area contributed by atoms with Crippen molar-refractivity contribution in [2.75, 3.05) is 7.11 Å². The third kappa shape index (κ3) is 3.75. The molecule has 0 heterocycles. The number of aliphatic carboxylic acids is 1. The predicted octanol–water partition coefficient (Wildman–Crippen LogP) is 2.21. The summed E-state index contributed by atoms with van der Waals surface area (Å²) in [5.41, 5.74) is 1.02. The number of carboxylic acids is 1. The van der Waals surface area contributed by atoms with Crippen LogP contribution in [0.3, 0.4) is 0 Å². The third-order valence-corrected chi connectivity index (χ3v) is 2.75. The van der Waals surface area contributed by atoms with Crippen LogP contribution in [-0.2, 0) is 4.79 Å². The van der Waals surface area contributed by atoms with Crippen LogP contribution in [0.15, 0.2) is 24.3 Å². The second kappa shape index (κ2) is 6.25. The molecular formula is C13H19NO3. The molecule has 0 aliphatic heterocycles. The highest BCUT2D eigenvalue weighted by molar-refractivity contribution is 5.73. The Balaban J connectivity index is 2.74. The molecule has 0 radical (unpaired) electrons. The molecule has 0 aromatic heterocycles. The van der Waals surface area contributed by atoms with Crippen LogP contribution in [0.4, 0.5) is 0 Å². The summed E-state index contributed by atoms with van der Waals surface area (Å²) in [5.74, 6) is -0.0400. The summed E-state index contributed by atoms with van der Waals surface area (Å²) in [6.07, 6.45) is 0.559. The summed E-state index contributed by atoms with van der Waals surface area (Å²) in [7, 11) is 1.61. The van der Waals surface area contributed by atoms with Gasteiger partial charge in [0.25, 0.3) is 0 Å². The zero-order chi connectivity index (χ0) is 12.8. The average Bonchev–Trinajstić information content (AvgIpc) is 2.35. The average molecular weight is 237 g/mol. The largest absolute Gasteiger partial charge is 0.497 e.